The Morgan fingerprint density at radius 2 is 1.75 bits per heavy atom. The van der Waals surface area contributed by atoms with Crippen molar-refractivity contribution in [3.8, 4) is 11.4 Å². The summed E-state index contributed by atoms with van der Waals surface area (Å²) >= 11 is 0. The summed E-state index contributed by atoms with van der Waals surface area (Å²) in [5.74, 6) is 1.02. The molecular formula is C19H21N5O3S. The Morgan fingerprint density at radius 1 is 1.07 bits per heavy atom. The molecule has 8 nitrogen and oxygen atoms in total. The molecule has 0 bridgehead atoms. The molecule has 0 aliphatic rings. The highest BCUT2D eigenvalue weighted by atomic mass is 32.2. The first-order valence-electron chi connectivity index (χ1n) is 8.68. The Morgan fingerprint density at radius 3 is 2.36 bits per heavy atom. The second kappa shape index (κ2) is 7.81. The van der Waals surface area contributed by atoms with E-state index in [0.717, 1.165) is 5.82 Å². The van der Waals surface area contributed by atoms with Gasteiger partial charge in [-0.2, -0.15) is 5.10 Å². The van der Waals surface area contributed by atoms with E-state index in [1.807, 2.05) is 13.8 Å². The smallest absolute Gasteiger partial charge is 0.261 e. The lowest BCUT2D eigenvalue weighted by Gasteiger charge is -2.11. The molecule has 2 aromatic carbocycles. The van der Waals surface area contributed by atoms with E-state index in [2.05, 4.69) is 25.2 Å². The van der Waals surface area contributed by atoms with Gasteiger partial charge in [-0.15, -0.1) is 0 Å². The van der Waals surface area contributed by atoms with Crippen LogP contribution in [-0.2, 0) is 10.0 Å². The number of amides is 1. The number of hydrogen-bond donors (Lipinski definition) is 3. The van der Waals surface area contributed by atoms with Crippen molar-refractivity contribution in [1.29, 1.82) is 0 Å². The molecule has 0 aliphatic carbocycles. The number of carbonyl (C=O) groups is 1. The number of sulfonamides is 1. The maximum atomic E-state index is 12.8. The number of aromatic amines is 1. The molecule has 146 valence electrons. The maximum Gasteiger partial charge on any atom is 0.261 e. The Kier molecular flexibility index (Phi) is 5.46. The van der Waals surface area contributed by atoms with Crippen molar-refractivity contribution < 1.29 is 13.2 Å². The van der Waals surface area contributed by atoms with Crippen LogP contribution in [-0.4, -0.2) is 36.6 Å². The zero-order valence-corrected chi connectivity index (χ0v) is 16.5. The molecule has 0 aliphatic heterocycles. The second-order valence-electron chi connectivity index (χ2n) is 6.45. The molecule has 0 unspecified atom stereocenters. The molecule has 3 N–H and O–H groups in total. The van der Waals surface area contributed by atoms with Crippen molar-refractivity contribution in [2.24, 2.45) is 0 Å². The third-order valence-electron chi connectivity index (χ3n) is 4.12. The molecule has 9 heteroatoms. The number of benzene rings is 2. The lowest BCUT2D eigenvalue weighted by molar-refractivity contribution is 0.0963. The zero-order valence-electron chi connectivity index (χ0n) is 15.7. The van der Waals surface area contributed by atoms with Gasteiger partial charge in [0.2, 0.25) is 0 Å². The van der Waals surface area contributed by atoms with E-state index in [0.29, 0.717) is 22.6 Å². The fraction of sp³-hybridized carbons (Fsp3) is 0.211. The number of nitrogens with one attached hydrogen (secondary N) is 3. The number of anilines is 1. The summed E-state index contributed by atoms with van der Waals surface area (Å²) in [6.07, 6.45) is 0. The van der Waals surface area contributed by atoms with Crippen LogP contribution in [0.5, 0.6) is 0 Å². The van der Waals surface area contributed by atoms with Gasteiger partial charge in [-0.25, -0.2) is 13.4 Å². The fourth-order valence-corrected chi connectivity index (χ4v) is 3.63. The molecule has 0 atom stereocenters. The van der Waals surface area contributed by atoms with Crippen LogP contribution in [0.25, 0.3) is 11.4 Å². The molecule has 0 fully saturated rings. The molecule has 3 aromatic rings. The maximum absolute atomic E-state index is 12.8. The normalized spacial score (nSPS) is 11.4. The van der Waals surface area contributed by atoms with Crippen LogP contribution in [0.3, 0.4) is 0 Å². The predicted octanol–water partition coefficient (Wildman–Crippen LogP) is 2.76. The molecule has 0 saturated heterocycles. The van der Waals surface area contributed by atoms with E-state index in [9.17, 15) is 13.2 Å². The lowest BCUT2D eigenvalue weighted by atomic mass is 10.1. The van der Waals surface area contributed by atoms with Crippen molar-refractivity contribution in [2.75, 3.05) is 11.8 Å². The lowest BCUT2D eigenvalue weighted by Crippen LogP contribution is -2.18. The number of hydrogen-bond acceptors (Lipinski definition) is 5. The summed E-state index contributed by atoms with van der Waals surface area (Å²) < 4.78 is 28.2. The number of rotatable bonds is 6. The van der Waals surface area contributed by atoms with Gasteiger partial charge in [-0.05, 0) is 36.4 Å². The van der Waals surface area contributed by atoms with Gasteiger partial charge in [0.1, 0.15) is 5.82 Å². The molecular weight excluding hydrogens is 378 g/mol. The van der Waals surface area contributed by atoms with Crippen LogP contribution >= 0.6 is 0 Å². The van der Waals surface area contributed by atoms with Crippen molar-refractivity contribution in [3.63, 3.8) is 0 Å². The van der Waals surface area contributed by atoms with E-state index in [1.165, 1.54) is 31.3 Å². The van der Waals surface area contributed by atoms with Crippen LogP contribution < -0.4 is 10.0 Å². The first-order chi connectivity index (χ1) is 13.3. The van der Waals surface area contributed by atoms with Crippen LogP contribution in [0.1, 0.15) is 35.9 Å². The second-order valence-corrected chi connectivity index (χ2v) is 8.14. The van der Waals surface area contributed by atoms with E-state index in [1.54, 1.807) is 24.3 Å². The van der Waals surface area contributed by atoms with E-state index >= 15 is 0 Å². The Labute approximate surface area is 163 Å². The molecule has 0 radical (unpaired) electrons. The van der Waals surface area contributed by atoms with Crippen LogP contribution in [0.2, 0.25) is 0 Å². The van der Waals surface area contributed by atoms with Crippen molar-refractivity contribution in [1.82, 2.24) is 20.5 Å². The summed E-state index contributed by atoms with van der Waals surface area (Å²) in [6.45, 7) is 3.97. The first kappa shape index (κ1) is 19.6. The molecule has 1 amide bonds. The Hall–Kier alpha value is -3.20. The van der Waals surface area contributed by atoms with E-state index < -0.39 is 10.0 Å². The highest BCUT2D eigenvalue weighted by Gasteiger charge is 2.19. The third kappa shape index (κ3) is 4.04. The SMILES string of the molecule is CNC(=O)c1ccc(S(=O)(=O)Nc2ccccc2-c2n[nH]c(C(C)C)n2)cc1. The molecule has 28 heavy (non-hydrogen) atoms. The zero-order chi connectivity index (χ0) is 20.3. The first-order valence-corrected chi connectivity index (χ1v) is 10.2. The standard InChI is InChI=1S/C19H21N5O3S/c1-12(2)17-21-18(23-22-17)15-6-4-5-7-16(15)24-28(26,27)14-10-8-13(9-11-14)19(25)20-3/h4-12,24H,1-3H3,(H,20,25)(H,21,22,23). The quantitative estimate of drug-likeness (QED) is 0.589. The molecule has 1 heterocycles. The van der Waals surface area contributed by atoms with Gasteiger partial charge in [0, 0.05) is 24.1 Å². The average molecular weight is 399 g/mol. The van der Waals surface area contributed by atoms with E-state index in [4.69, 9.17) is 0 Å². The number of para-hydroxylation sites is 1. The summed E-state index contributed by atoms with van der Waals surface area (Å²) in [6, 6.07) is 12.6. The topological polar surface area (TPSA) is 117 Å². The minimum Gasteiger partial charge on any atom is -0.355 e. The van der Waals surface area contributed by atoms with Gasteiger partial charge >= 0.3 is 0 Å². The molecule has 1 aromatic heterocycles. The highest BCUT2D eigenvalue weighted by Crippen LogP contribution is 2.28. The van der Waals surface area contributed by atoms with E-state index in [-0.39, 0.29) is 16.7 Å². The number of H-pyrrole nitrogens is 1. The minimum absolute atomic E-state index is 0.0489. The van der Waals surface area contributed by atoms with Crippen LogP contribution in [0.4, 0.5) is 5.69 Å². The van der Waals surface area contributed by atoms with Crippen molar-refractivity contribution >= 4 is 21.6 Å². The van der Waals surface area contributed by atoms with Gasteiger partial charge in [0.15, 0.2) is 5.82 Å². The summed E-state index contributed by atoms with van der Waals surface area (Å²) in [4.78, 5) is 16.1. The Bertz CT molecular complexity index is 1090. The van der Waals surface area contributed by atoms with Crippen molar-refractivity contribution in [2.45, 2.75) is 24.7 Å². The highest BCUT2D eigenvalue weighted by molar-refractivity contribution is 7.92. The predicted molar refractivity (Wildman–Crippen MR) is 107 cm³/mol. The van der Waals surface area contributed by atoms with Gasteiger partial charge in [-0.1, -0.05) is 26.0 Å². The fourth-order valence-electron chi connectivity index (χ4n) is 2.55. The largest absolute Gasteiger partial charge is 0.355 e. The summed E-state index contributed by atoms with van der Waals surface area (Å²) in [5.41, 5.74) is 1.31. The molecule has 0 spiro atoms. The van der Waals surface area contributed by atoms with Crippen molar-refractivity contribution in [3.05, 3.63) is 59.9 Å². The minimum atomic E-state index is -3.85. The van der Waals surface area contributed by atoms with Gasteiger partial charge in [-0.3, -0.25) is 14.6 Å². The number of aromatic nitrogens is 3. The van der Waals surface area contributed by atoms with Crippen LogP contribution in [0, 0.1) is 0 Å². The molecule has 3 rings (SSSR count). The monoisotopic (exact) mass is 399 g/mol. The summed E-state index contributed by atoms with van der Waals surface area (Å²) in [7, 11) is -2.34. The molecule has 0 saturated carbocycles. The summed E-state index contributed by atoms with van der Waals surface area (Å²) in [5, 5.41) is 9.56. The average Bonchev–Trinajstić information content (AvgIpc) is 3.18. The Balaban J connectivity index is 1.91. The number of nitrogens with zero attached hydrogens (tertiary/aromatic N) is 2. The van der Waals surface area contributed by atoms with Gasteiger partial charge in [0.05, 0.1) is 10.6 Å². The van der Waals surface area contributed by atoms with Gasteiger partial charge in [0.25, 0.3) is 15.9 Å². The number of carbonyl (C=O) groups excluding carboxylic acids is 1. The van der Waals surface area contributed by atoms with Gasteiger partial charge < -0.3 is 5.32 Å². The van der Waals surface area contributed by atoms with Crippen LogP contribution in [0.15, 0.2) is 53.4 Å². The third-order valence-corrected chi connectivity index (χ3v) is 5.50.